The zero-order valence-electron chi connectivity index (χ0n) is 9.63. The number of nitrogens with one attached hydrogen (secondary N) is 1. The van der Waals surface area contributed by atoms with Gasteiger partial charge in [0.2, 0.25) is 0 Å². The third-order valence-corrected chi connectivity index (χ3v) is 3.27. The Morgan fingerprint density at radius 1 is 1.50 bits per heavy atom. The summed E-state index contributed by atoms with van der Waals surface area (Å²) in [5, 5.41) is 9.00. The molecule has 0 fully saturated rings. The highest BCUT2D eigenvalue weighted by atomic mass is 16.1. The Bertz CT molecular complexity index is 510. The SMILES string of the molecule is CCN1CCc2c(c(C)[nH]c(=O)c2C#N)C1. The van der Waals surface area contributed by atoms with Gasteiger partial charge in [0.15, 0.2) is 0 Å². The summed E-state index contributed by atoms with van der Waals surface area (Å²) in [4.78, 5) is 16.7. The average molecular weight is 217 g/mol. The molecule has 1 N–H and O–H groups in total. The summed E-state index contributed by atoms with van der Waals surface area (Å²) in [6.45, 7) is 6.79. The van der Waals surface area contributed by atoms with E-state index in [2.05, 4.69) is 16.8 Å². The average Bonchev–Trinajstić information content (AvgIpc) is 2.29. The van der Waals surface area contributed by atoms with Gasteiger partial charge in [0.25, 0.3) is 5.56 Å². The largest absolute Gasteiger partial charge is 0.325 e. The first-order chi connectivity index (χ1) is 7.67. The molecule has 84 valence electrons. The molecule has 0 bridgehead atoms. The van der Waals surface area contributed by atoms with Gasteiger partial charge in [-0.05, 0) is 31.0 Å². The molecule has 2 heterocycles. The van der Waals surface area contributed by atoms with E-state index in [9.17, 15) is 4.79 Å². The number of H-pyrrole nitrogens is 1. The molecule has 0 spiro atoms. The standard InChI is InChI=1S/C12H15N3O/c1-3-15-5-4-9-10(6-13)12(16)14-8(2)11(9)7-15/h3-5,7H2,1-2H3,(H,14,16). The first-order valence-corrected chi connectivity index (χ1v) is 5.54. The van der Waals surface area contributed by atoms with Gasteiger partial charge in [0.1, 0.15) is 11.6 Å². The molecule has 16 heavy (non-hydrogen) atoms. The molecule has 4 heteroatoms. The van der Waals surface area contributed by atoms with E-state index in [1.54, 1.807) is 0 Å². The minimum absolute atomic E-state index is 0.247. The maximum Gasteiger partial charge on any atom is 0.266 e. The summed E-state index contributed by atoms with van der Waals surface area (Å²) >= 11 is 0. The molecular weight excluding hydrogens is 202 g/mol. The highest BCUT2D eigenvalue weighted by Gasteiger charge is 2.21. The van der Waals surface area contributed by atoms with Gasteiger partial charge in [-0.15, -0.1) is 0 Å². The van der Waals surface area contributed by atoms with E-state index in [-0.39, 0.29) is 5.56 Å². The molecule has 1 aromatic heterocycles. The first-order valence-electron chi connectivity index (χ1n) is 5.54. The van der Waals surface area contributed by atoms with Crippen molar-refractivity contribution in [1.82, 2.24) is 9.88 Å². The molecule has 1 aromatic rings. The second-order valence-electron chi connectivity index (χ2n) is 4.14. The lowest BCUT2D eigenvalue weighted by molar-refractivity contribution is 0.266. The zero-order chi connectivity index (χ0) is 11.7. The monoisotopic (exact) mass is 217 g/mol. The van der Waals surface area contributed by atoms with Gasteiger partial charge >= 0.3 is 0 Å². The molecular formula is C12H15N3O. The molecule has 1 aliphatic rings. The molecule has 0 amide bonds. The van der Waals surface area contributed by atoms with Crippen molar-refractivity contribution in [3.05, 3.63) is 32.7 Å². The number of rotatable bonds is 1. The molecule has 2 rings (SSSR count). The van der Waals surface area contributed by atoms with Crippen LogP contribution in [0.2, 0.25) is 0 Å². The number of hydrogen-bond acceptors (Lipinski definition) is 3. The summed E-state index contributed by atoms with van der Waals surface area (Å²) in [5.74, 6) is 0. The van der Waals surface area contributed by atoms with Crippen LogP contribution < -0.4 is 5.56 Å². The molecule has 0 saturated heterocycles. The second-order valence-corrected chi connectivity index (χ2v) is 4.14. The van der Waals surface area contributed by atoms with E-state index in [1.165, 1.54) is 0 Å². The third-order valence-electron chi connectivity index (χ3n) is 3.27. The number of aromatic amines is 1. The molecule has 0 radical (unpaired) electrons. The van der Waals surface area contributed by atoms with Gasteiger partial charge in [-0.2, -0.15) is 5.26 Å². The fourth-order valence-electron chi connectivity index (χ4n) is 2.27. The van der Waals surface area contributed by atoms with Crippen LogP contribution in [0.15, 0.2) is 4.79 Å². The van der Waals surface area contributed by atoms with Crippen molar-refractivity contribution in [3.8, 4) is 6.07 Å². The predicted molar refractivity (Wildman–Crippen MR) is 61.2 cm³/mol. The maximum atomic E-state index is 11.6. The van der Waals surface area contributed by atoms with Crippen molar-refractivity contribution < 1.29 is 0 Å². The Balaban J connectivity index is 2.58. The van der Waals surface area contributed by atoms with Crippen molar-refractivity contribution in [2.75, 3.05) is 13.1 Å². The fraction of sp³-hybridized carbons (Fsp3) is 0.500. The minimum atomic E-state index is -0.247. The lowest BCUT2D eigenvalue weighted by Crippen LogP contribution is -2.33. The molecule has 0 aromatic carbocycles. The van der Waals surface area contributed by atoms with E-state index in [4.69, 9.17) is 5.26 Å². The Morgan fingerprint density at radius 2 is 2.25 bits per heavy atom. The van der Waals surface area contributed by atoms with Gasteiger partial charge in [-0.3, -0.25) is 9.69 Å². The Morgan fingerprint density at radius 3 is 2.88 bits per heavy atom. The van der Waals surface area contributed by atoms with Crippen molar-refractivity contribution >= 4 is 0 Å². The Kier molecular flexibility index (Phi) is 2.80. The van der Waals surface area contributed by atoms with Gasteiger partial charge in [-0.25, -0.2) is 0 Å². The normalized spacial score (nSPS) is 15.6. The lowest BCUT2D eigenvalue weighted by atomic mass is 9.95. The quantitative estimate of drug-likeness (QED) is 0.761. The van der Waals surface area contributed by atoms with E-state index in [0.29, 0.717) is 5.56 Å². The Hall–Kier alpha value is -1.60. The number of nitriles is 1. The summed E-state index contributed by atoms with van der Waals surface area (Å²) in [7, 11) is 0. The van der Waals surface area contributed by atoms with Crippen molar-refractivity contribution in [3.63, 3.8) is 0 Å². The number of nitrogens with zero attached hydrogens (tertiary/aromatic N) is 2. The molecule has 0 aliphatic carbocycles. The Labute approximate surface area is 94.5 Å². The van der Waals surface area contributed by atoms with Crippen LogP contribution in [0.3, 0.4) is 0 Å². The topological polar surface area (TPSA) is 59.9 Å². The van der Waals surface area contributed by atoms with Crippen molar-refractivity contribution in [2.45, 2.75) is 26.8 Å². The number of hydrogen-bond donors (Lipinski definition) is 1. The van der Waals surface area contributed by atoms with Crippen LogP contribution >= 0.6 is 0 Å². The van der Waals surface area contributed by atoms with E-state index < -0.39 is 0 Å². The van der Waals surface area contributed by atoms with E-state index >= 15 is 0 Å². The smallest absolute Gasteiger partial charge is 0.266 e. The number of pyridine rings is 1. The first kappa shape index (κ1) is 10.9. The number of aryl methyl sites for hydroxylation is 1. The van der Waals surface area contributed by atoms with Gasteiger partial charge < -0.3 is 4.98 Å². The van der Waals surface area contributed by atoms with Crippen molar-refractivity contribution in [1.29, 1.82) is 5.26 Å². The van der Waals surface area contributed by atoms with Crippen LogP contribution in [-0.4, -0.2) is 23.0 Å². The number of fused-ring (bicyclic) bond motifs is 1. The van der Waals surface area contributed by atoms with Crippen LogP contribution in [0, 0.1) is 18.3 Å². The van der Waals surface area contributed by atoms with Crippen LogP contribution in [0.4, 0.5) is 0 Å². The molecule has 4 nitrogen and oxygen atoms in total. The minimum Gasteiger partial charge on any atom is -0.325 e. The molecule has 1 aliphatic heterocycles. The molecule has 0 atom stereocenters. The van der Waals surface area contributed by atoms with Crippen LogP contribution in [0.5, 0.6) is 0 Å². The summed E-state index contributed by atoms with van der Waals surface area (Å²) in [5.41, 5.74) is 3.04. The van der Waals surface area contributed by atoms with E-state index in [0.717, 1.165) is 42.9 Å². The number of aromatic nitrogens is 1. The predicted octanol–water partition coefficient (Wildman–Crippen LogP) is 0.933. The fourth-order valence-corrected chi connectivity index (χ4v) is 2.27. The van der Waals surface area contributed by atoms with Gasteiger partial charge in [0, 0.05) is 18.8 Å². The highest BCUT2D eigenvalue weighted by molar-refractivity contribution is 5.44. The second kappa shape index (κ2) is 4.11. The third kappa shape index (κ3) is 1.63. The summed E-state index contributed by atoms with van der Waals surface area (Å²) < 4.78 is 0. The van der Waals surface area contributed by atoms with Gasteiger partial charge in [0.05, 0.1) is 0 Å². The molecule has 0 unspecified atom stereocenters. The van der Waals surface area contributed by atoms with Crippen LogP contribution in [-0.2, 0) is 13.0 Å². The lowest BCUT2D eigenvalue weighted by Gasteiger charge is -2.28. The van der Waals surface area contributed by atoms with Crippen molar-refractivity contribution in [2.24, 2.45) is 0 Å². The highest BCUT2D eigenvalue weighted by Crippen LogP contribution is 2.21. The number of likely N-dealkylation sites (N-methyl/N-ethyl adjacent to an activating group) is 1. The van der Waals surface area contributed by atoms with Crippen LogP contribution in [0.25, 0.3) is 0 Å². The molecule has 0 saturated carbocycles. The maximum absolute atomic E-state index is 11.6. The van der Waals surface area contributed by atoms with E-state index in [1.807, 2.05) is 13.0 Å². The van der Waals surface area contributed by atoms with Gasteiger partial charge in [-0.1, -0.05) is 6.92 Å². The zero-order valence-corrected chi connectivity index (χ0v) is 9.63. The summed E-state index contributed by atoms with van der Waals surface area (Å²) in [6, 6.07) is 2.02. The van der Waals surface area contributed by atoms with Crippen LogP contribution in [0.1, 0.15) is 29.3 Å². The summed E-state index contributed by atoms with van der Waals surface area (Å²) in [6.07, 6.45) is 0.802.